The van der Waals surface area contributed by atoms with Crippen molar-refractivity contribution in [2.45, 2.75) is 12.7 Å². The minimum atomic E-state index is -4.58. The number of amides is 1. The zero-order valence-electron chi connectivity index (χ0n) is 12.8. The molecule has 0 aliphatic rings. The van der Waals surface area contributed by atoms with Crippen LogP contribution in [-0.4, -0.2) is 5.91 Å². The number of nitrogens with one attached hydrogen (secondary N) is 1. The van der Waals surface area contributed by atoms with Crippen LogP contribution in [0.4, 0.5) is 13.2 Å². The molecule has 25 heavy (non-hydrogen) atoms. The molecule has 0 saturated carbocycles. The number of nitrogens with zero attached hydrogens (tertiary/aromatic N) is 1. The van der Waals surface area contributed by atoms with E-state index in [-0.39, 0.29) is 12.1 Å². The number of rotatable bonds is 4. The Kier molecular flexibility index (Phi) is 5.84. The number of halogens is 4. The number of nitriles is 1. The van der Waals surface area contributed by atoms with Crippen molar-refractivity contribution in [1.82, 2.24) is 5.32 Å². The number of carbonyl (C=O) groups excluding carboxylic acids is 1. The summed E-state index contributed by atoms with van der Waals surface area (Å²) in [6, 6.07) is 13.0. The Labute approximate surface area is 147 Å². The molecule has 0 atom stereocenters. The highest BCUT2D eigenvalue weighted by Crippen LogP contribution is 2.32. The highest BCUT2D eigenvalue weighted by atomic mass is 35.5. The van der Waals surface area contributed by atoms with E-state index in [1.807, 2.05) is 0 Å². The summed E-state index contributed by atoms with van der Waals surface area (Å²) in [6.45, 7) is 0.121. The first kappa shape index (κ1) is 18.6. The normalized spacial score (nSPS) is 11.7. The van der Waals surface area contributed by atoms with Gasteiger partial charge in [-0.1, -0.05) is 41.9 Å². The Hall–Kier alpha value is -2.78. The van der Waals surface area contributed by atoms with E-state index in [9.17, 15) is 18.0 Å². The third-order valence-corrected chi connectivity index (χ3v) is 3.55. The molecule has 2 aromatic rings. The first-order valence-corrected chi connectivity index (χ1v) is 7.49. The van der Waals surface area contributed by atoms with E-state index in [1.165, 1.54) is 18.2 Å². The lowest BCUT2D eigenvalue weighted by atomic mass is 10.0. The number of alkyl halides is 3. The molecule has 0 spiro atoms. The van der Waals surface area contributed by atoms with E-state index in [0.29, 0.717) is 5.02 Å². The van der Waals surface area contributed by atoms with Crippen LogP contribution in [0.15, 0.2) is 54.1 Å². The van der Waals surface area contributed by atoms with Crippen LogP contribution in [0.2, 0.25) is 5.02 Å². The number of hydrogen-bond acceptors (Lipinski definition) is 2. The summed E-state index contributed by atoms with van der Waals surface area (Å²) in [7, 11) is 0. The second-order valence-electron chi connectivity index (χ2n) is 5.06. The van der Waals surface area contributed by atoms with Crippen LogP contribution in [0.5, 0.6) is 0 Å². The molecule has 3 nitrogen and oxygen atoms in total. The van der Waals surface area contributed by atoms with Gasteiger partial charge in [0.1, 0.15) is 11.6 Å². The summed E-state index contributed by atoms with van der Waals surface area (Å²) in [4.78, 5) is 12.1. The van der Waals surface area contributed by atoms with Gasteiger partial charge in [0, 0.05) is 11.6 Å². The molecule has 128 valence electrons. The Morgan fingerprint density at radius 1 is 1.16 bits per heavy atom. The summed E-state index contributed by atoms with van der Waals surface area (Å²) < 4.78 is 38.9. The molecule has 1 amide bonds. The van der Waals surface area contributed by atoms with Gasteiger partial charge < -0.3 is 5.32 Å². The van der Waals surface area contributed by atoms with E-state index in [2.05, 4.69) is 5.32 Å². The predicted octanol–water partition coefficient (Wildman–Crippen LogP) is 4.58. The highest BCUT2D eigenvalue weighted by molar-refractivity contribution is 6.30. The lowest BCUT2D eigenvalue weighted by Crippen LogP contribution is -2.24. The zero-order chi connectivity index (χ0) is 18.4. The fourth-order valence-corrected chi connectivity index (χ4v) is 2.19. The average molecular weight is 365 g/mol. The van der Waals surface area contributed by atoms with Crippen LogP contribution in [0.1, 0.15) is 16.7 Å². The summed E-state index contributed by atoms with van der Waals surface area (Å²) >= 11 is 5.76. The van der Waals surface area contributed by atoms with Crippen molar-refractivity contribution in [2.24, 2.45) is 0 Å². The summed E-state index contributed by atoms with van der Waals surface area (Å²) in [5.41, 5.74) is -0.821. The second-order valence-corrected chi connectivity index (χ2v) is 5.50. The molecule has 0 bridgehead atoms. The molecule has 7 heteroatoms. The molecule has 0 saturated heterocycles. The number of carbonyl (C=O) groups is 1. The van der Waals surface area contributed by atoms with Crippen molar-refractivity contribution < 1.29 is 18.0 Å². The van der Waals surface area contributed by atoms with Crippen molar-refractivity contribution in [3.8, 4) is 6.07 Å². The van der Waals surface area contributed by atoms with Gasteiger partial charge in [-0.2, -0.15) is 18.4 Å². The number of benzene rings is 2. The predicted molar refractivity (Wildman–Crippen MR) is 88.3 cm³/mol. The van der Waals surface area contributed by atoms with E-state index < -0.39 is 23.2 Å². The summed E-state index contributed by atoms with van der Waals surface area (Å²) in [6.07, 6.45) is -3.65. The fourth-order valence-electron chi connectivity index (χ4n) is 2.06. The Morgan fingerprint density at radius 2 is 1.80 bits per heavy atom. The molecule has 0 aliphatic heterocycles. The largest absolute Gasteiger partial charge is 0.416 e. The monoisotopic (exact) mass is 364 g/mol. The SMILES string of the molecule is N#C/C(=C/c1ccccc1C(F)(F)F)C(=O)NCc1ccc(Cl)cc1. The molecular weight excluding hydrogens is 353 g/mol. The van der Waals surface area contributed by atoms with E-state index in [0.717, 1.165) is 17.7 Å². The van der Waals surface area contributed by atoms with Gasteiger partial charge in [-0.25, -0.2) is 0 Å². The van der Waals surface area contributed by atoms with E-state index >= 15 is 0 Å². The highest BCUT2D eigenvalue weighted by Gasteiger charge is 2.32. The third kappa shape index (κ3) is 5.10. The van der Waals surface area contributed by atoms with Gasteiger partial charge in [-0.3, -0.25) is 4.79 Å². The Balaban J connectivity index is 2.19. The number of hydrogen-bond donors (Lipinski definition) is 1. The average Bonchev–Trinajstić information content (AvgIpc) is 2.58. The summed E-state index contributed by atoms with van der Waals surface area (Å²) in [5.74, 6) is -0.755. The van der Waals surface area contributed by atoms with E-state index in [4.69, 9.17) is 16.9 Å². The maximum absolute atomic E-state index is 13.0. The Bertz CT molecular complexity index is 837. The molecular formula is C18H12ClF3N2O. The third-order valence-electron chi connectivity index (χ3n) is 3.30. The topological polar surface area (TPSA) is 52.9 Å². The van der Waals surface area contributed by atoms with Crippen molar-refractivity contribution >= 4 is 23.6 Å². The van der Waals surface area contributed by atoms with Crippen LogP contribution in [0.3, 0.4) is 0 Å². The van der Waals surface area contributed by atoms with Gasteiger partial charge in [0.05, 0.1) is 5.56 Å². The van der Waals surface area contributed by atoms with Gasteiger partial charge in [-0.15, -0.1) is 0 Å². The van der Waals surface area contributed by atoms with Crippen LogP contribution < -0.4 is 5.32 Å². The standard InChI is InChI=1S/C18H12ClF3N2O/c19-15-7-5-12(6-8-15)11-24-17(25)14(10-23)9-13-3-1-2-4-16(13)18(20,21)22/h1-9H,11H2,(H,24,25)/b14-9-. The molecule has 0 aromatic heterocycles. The van der Waals surface area contributed by atoms with Crippen LogP contribution in [0, 0.1) is 11.3 Å². The molecule has 2 aromatic carbocycles. The first-order chi connectivity index (χ1) is 11.8. The maximum atomic E-state index is 13.0. The van der Waals surface area contributed by atoms with Gasteiger partial charge in [0.2, 0.25) is 0 Å². The molecule has 1 N–H and O–H groups in total. The maximum Gasteiger partial charge on any atom is 0.416 e. The molecule has 2 rings (SSSR count). The molecule has 0 radical (unpaired) electrons. The zero-order valence-corrected chi connectivity index (χ0v) is 13.5. The van der Waals surface area contributed by atoms with E-state index in [1.54, 1.807) is 30.3 Å². The van der Waals surface area contributed by atoms with Crippen molar-refractivity contribution in [3.63, 3.8) is 0 Å². The van der Waals surface area contributed by atoms with Gasteiger partial charge in [-0.05, 0) is 35.4 Å². The molecule has 0 unspecified atom stereocenters. The minimum Gasteiger partial charge on any atom is -0.347 e. The van der Waals surface area contributed by atoms with Crippen molar-refractivity contribution in [2.75, 3.05) is 0 Å². The summed E-state index contributed by atoms with van der Waals surface area (Å²) in [5, 5.41) is 12.1. The molecule has 0 aliphatic carbocycles. The quantitative estimate of drug-likeness (QED) is 0.637. The molecule has 0 heterocycles. The van der Waals surface area contributed by atoms with Crippen LogP contribution >= 0.6 is 11.6 Å². The van der Waals surface area contributed by atoms with Crippen molar-refractivity contribution in [1.29, 1.82) is 5.26 Å². The van der Waals surface area contributed by atoms with Gasteiger partial charge in [0.15, 0.2) is 0 Å². The van der Waals surface area contributed by atoms with Crippen LogP contribution in [0.25, 0.3) is 6.08 Å². The van der Waals surface area contributed by atoms with Crippen molar-refractivity contribution in [3.05, 3.63) is 75.8 Å². The van der Waals surface area contributed by atoms with Gasteiger partial charge in [0.25, 0.3) is 5.91 Å². The smallest absolute Gasteiger partial charge is 0.347 e. The fraction of sp³-hybridized carbons (Fsp3) is 0.111. The van der Waals surface area contributed by atoms with Gasteiger partial charge >= 0.3 is 6.18 Å². The minimum absolute atomic E-state index is 0.121. The lowest BCUT2D eigenvalue weighted by Gasteiger charge is -2.10. The lowest BCUT2D eigenvalue weighted by molar-refractivity contribution is -0.137. The molecule has 0 fully saturated rings. The van der Waals surface area contributed by atoms with Crippen LogP contribution in [-0.2, 0) is 17.5 Å². The second kappa shape index (κ2) is 7.86. The Morgan fingerprint density at radius 3 is 2.40 bits per heavy atom. The first-order valence-electron chi connectivity index (χ1n) is 7.12.